The van der Waals surface area contributed by atoms with E-state index < -0.39 is 10.0 Å². The molecule has 7 nitrogen and oxygen atoms in total. The summed E-state index contributed by atoms with van der Waals surface area (Å²) in [5.41, 5.74) is 0.376. The second-order valence-electron chi connectivity index (χ2n) is 6.35. The SMILES string of the molecule is COc1ccc(S(=O)(=O)N2CCOCC2)cc1NC(=O)[C@@H]1CC=CCC1. The molecule has 142 valence electrons. The van der Waals surface area contributed by atoms with E-state index in [9.17, 15) is 13.2 Å². The third kappa shape index (κ3) is 4.08. The first-order valence-electron chi connectivity index (χ1n) is 8.74. The number of methoxy groups -OCH3 is 1. The minimum atomic E-state index is -3.63. The Balaban J connectivity index is 1.84. The maximum atomic E-state index is 12.8. The normalized spacial score (nSPS) is 21.3. The van der Waals surface area contributed by atoms with Gasteiger partial charge in [-0.3, -0.25) is 4.79 Å². The summed E-state index contributed by atoms with van der Waals surface area (Å²) in [7, 11) is -2.14. The number of rotatable bonds is 5. The van der Waals surface area contributed by atoms with Crippen molar-refractivity contribution in [2.24, 2.45) is 5.92 Å². The number of sulfonamides is 1. The maximum absolute atomic E-state index is 12.8. The van der Waals surface area contributed by atoms with Gasteiger partial charge in [0.05, 0.1) is 30.9 Å². The number of morpholine rings is 1. The fraction of sp³-hybridized carbons (Fsp3) is 0.500. The number of hydrogen-bond acceptors (Lipinski definition) is 5. The third-order valence-electron chi connectivity index (χ3n) is 4.68. The highest BCUT2D eigenvalue weighted by molar-refractivity contribution is 7.89. The Morgan fingerprint density at radius 2 is 2.04 bits per heavy atom. The van der Waals surface area contributed by atoms with Gasteiger partial charge < -0.3 is 14.8 Å². The minimum Gasteiger partial charge on any atom is -0.495 e. The molecule has 26 heavy (non-hydrogen) atoms. The zero-order valence-corrected chi connectivity index (χ0v) is 15.6. The van der Waals surface area contributed by atoms with E-state index in [0.717, 1.165) is 12.8 Å². The summed E-state index contributed by atoms with van der Waals surface area (Å²) in [6.45, 7) is 1.41. The van der Waals surface area contributed by atoms with E-state index in [0.29, 0.717) is 44.2 Å². The number of anilines is 1. The molecule has 0 saturated carbocycles. The van der Waals surface area contributed by atoms with Crippen molar-refractivity contribution < 1.29 is 22.7 Å². The Kier molecular flexibility index (Phi) is 5.95. The van der Waals surface area contributed by atoms with Gasteiger partial charge in [0, 0.05) is 19.0 Å². The first-order valence-corrected chi connectivity index (χ1v) is 10.2. The van der Waals surface area contributed by atoms with Crippen LogP contribution in [0.15, 0.2) is 35.2 Å². The number of ether oxygens (including phenoxy) is 2. The van der Waals surface area contributed by atoms with Crippen LogP contribution in [-0.2, 0) is 19.6 Å². The number of hydrogen-bond donors (Lipinski definition) is 1. The van der Waals surface area contributed by atoms with Crippen LogP contribution in [0.25, 0.3) is 0 Å². The zero-order chi connectivity index (χ0) is 18.6. The Morgan fingerprint density at radius 3 is 2.69 bits per heavy atom. The van der Waals surface area contributed by atoms with Crippen molar-refractivity contribution in [2.45, 2.75) is 24.2 Å². The first-order chi connectivity index (χ1) is 12.5. The smallest absolute Gasteiger partial charge is 0.243 e. The quantitative estimate of drug-likeness (QED) is 0.790. The highest BCUT2D eigenvalue weighted by atomic mass is 32.2. The fourth-order valence-corrected chi connectivity index (χ4v) is 4.58. The number of amides is 1. The molecule has 1 N–H and O–H groups in total. The second kappa shape index (κ2) is 8.20. The van der Waals surface area contributed by atoms with E-state index in [1.807, 2.05) is 6.08 Å². The zero-order valence-electron chi connectivity index (χ0n) is 14.8. The summed E-state index contributed by atoms with van der Waals surface area (Å²) in [6.07, 6.45) is 6.43. The molecule has 2 aliphatic rings. The average Bonchev–Trinajstić information content (AvgIpc) is 2.69. The van der Waals surface area contributed by atoms with Crippen LogP contribution in [0, 0.1) is 5.92 Å². The van der Waals surface area contributed by atoms with E-state index in [1.54, 1.807) is 6.07 Å². The molecule has 1 aromatic carbocycles. The lowest BCUT2D eigenvalue weighted by Crippen LogP contribution is -2.40. The van der Waals surface area contributed by atoms with Gasteiger partial charge in [-0.05, 0) is 37.5 Å². The van der Waals surface area contributed by atoms with Gasteiger partial charge in [0.2, 0.25) is 15.9 Å². The third-order valence-corrected chi connectivity index (χ3v) is 6.57. The molecule has 1 saturated heterocycles. The largest absolute Gasteiger partial charge is 0.495 e. The summed E-state index contributed by atoms with van der Waals surface area (Å²) in [5, 5.41) is 2.84. The maximum Gasteiger partial charge on any atom is 0.243 e. The lowest BCUT2D eigenvalue weighted by molar-refractivity contribution is -0.120. The summed E-state index contributed by atoms with van der Waals surface area (Å²) in [4.78, 5) is 12.7. The molecule has 0 spiro atoms. The van der Waals surface area contributed by atoms with Crippen LogP contribution in [0.4, 0.5) is 5.69 Å². The number of benzene rings is 1. The molecular weight excluding hydrogens is 356 g/mol. The molecular formula is C18H24N2O5S. The Labute approximate surface area is 154 Å². The molecule has 0 unspecified atom stereocenters. The van der Waals surface area contributed by atoms with Gasteiger partial charge in [-0.15, -0.1) is 0 Å². The molecule has 3 rings (SSSR count). The molecule has 0 bridgehead atoms. The highest BCUT2D eigenvalue weighted by Crippen LogP contribution is 2.30. The molecule has 0 radical (unpaired) electrons. The lowest BCUT2D eigenvalue weighted by Gasteiger charge is -2.26. The number of nitrogens with one attached hydrogen (secondary N) is 1. The van der Waals surface area contributed by atoms with Crippen LogP contribution < -0.4 is 10.1 Å². The molecule has 1 aliphatic carbocycles. The Morgan fingerprint density at radius 1 is 1.27 bits per heavy atom. The van der Waals surface area contributed by atoms with Crippen LogP contribution in [-0.4, -0.2) is 52.0 Å². The second-order valence-corrected chi connectivity index (χ2v) is 8.29. The monoisotopic (exact) mass is 380 g/mol. The topological polar surface area (TPSA) is 84.9 Å². The predicted molar refractivity (Wildman–Crippen MR) is 97.7 cm³/mol. The van der Waals surface area contributed by atoms with Crippen LogP contribution in [0.5, 0.6) is 5.75 Å². The molecule has 0 aromatic heterocycles. The summed E-state index contributed by atoms with van der Waals surface area (Å²) >= 11 is 0. The first kappa shape index (κ1) is 18.9. The van der Waals surface area contributed by atoms with Gasteiger partial charge in [-0.2, -0.15) is 4.31 Å². The van der Waals surface area contributed by atoms with Crippen molar-refractivity contribution in [1.82, 2.24) is 4.31 Å². The standard InChI is InChI=1S/C18H24N2O5S/c1-24-17-8-7-15(26(22,23)20-9-11-25-12-10-20)13-16(17)19-18(21)14-5-3-2-4-6-14/h2-3,7-8,13-14H,4-6,9-12H2,1H3,(H,19,21)/t14-/m1/s1. The number of carbonyl (C=O) groups is 1. The van der Waals surface area contributed by atoms with Crippen LogP contribution >= 0.6 is 0 Å². The van der Waals surface area contributed by atoms with E-state index in [2.05, 4.69) is 11.4 Å². The van der Waals surface area contributed by atoms with Crippen LogP contribution in [0.3, 0.4) is 0 Å². The van der Waals surface area contributed by atoms with Crippen molar-refractivity contribution in [1.29, 1.82) is 0 Å². The highest BCUT2D eigenvalue weighted by Gasteiger charge is 2.28. The molecule has 8 heteroatoms. The molecule has 1 fully saturated rings. The van der Waals surface area contributed by atoms with Gasteiger partial charge in [-0.1, -0.05) is 12.2 Å². The van der Waals surface area contributed by atoms with E-state index in [1.165, 1.54) is 23.5 Å². The predicted octanol–water partition coefficient (Wildman–Crippen LogP) is 2.01. The van der Waals surface area contributed by atoms with Gasteiger partial charge in [0.25, 0.3) is 0 Å². The van der Waals surface area contributed by atoms with E-state index >= 15 is 0 Å². The Bertz CT molecular complexity index is 785. The van der Waals surface area contributed by atoms with Crippen molar-refractivity contribution in [3.05, 3.63) is 30.4 Å². The molecule has 1 atom stereocenters. The molecule has 1 aromatic rings. The minimum absolute atomic E-state index is 0.107. The van der Waals surface area contributed by atoms with Crippen molar-refractivity contribution in [3.8, 4) is 5.75 Å². The lowest BCUT2D eigenvalue weighted by atomic mass is 9.93. The fourth-order valence-electron chi connectivity index (χ4n) is 3.15. The number of allylic oxidation sites excluding steroid dienone is 2. The van der Waals surface area contributed by atoms with Gasteiger partial charge in [0.1, 0.15) is 5.75 Å². The van der Waals surface area contributed by atoms with Gasteiger partial charge in [-0.25, -0.2) is 8.42 Å². The summed E-state index contributed by atoms with van der Waals surface area (Å²) in [6, 6.07) is 4.55. The molecule has 1 amide bonds. The van der Waals surface area contributed by atoms with Crippen molar-refractivity contribution >= 4 is 21.6 Å². The van der Waals surface area contributed by atoms with Crippen LogP contribution in [0.1, 0.15) is 19.3 Å². The number of nitrogens with zero attached hydrogens (tertiary/aromatic N) is 1. The van der Waals surface area contributed by atoms with Crippen molar-refractivity contribution in [2.75, 3.05) is 38.7 Å². The van der Waals surface area contributed by atoms with E-state index in [4.69, 9.17) is 9.47 Å². The van der Waals surface area contributed by atoms with Crippen molar-refractivity contribution in [3.63, 3.8) is 0 Å². The van der Waals surface area contributed by atoms with E-state index in [-0.39, 0.29) is 16.7 Å². The van der Waals surface area contributed by atoms with Gasteiger partial charge >= 0.3 is 0 Å². The Hall–Kier alpha value is -1.90. The van der Waals surface area contributed by atoms with Gasteiger partial charge in [0.15, 0.2) is 0 Å². The number of carbonyl (C=O) groups excluding carboxylic acids is 1. The molecule has 1 aliphatic heterocycles. The molecule has 1 heterocycles. The summed E-state index contributed by atoms with van der Waals surface area (Å²) < 4.78 is 37.6. The summed E-state index contributed by atoms with van der Waals surface area (Å²) in [5.74, 6) is 0.211. The average molecular weight is 380 g/mol. The van der Waals surface area contributed by atoms with Crippen LogP contribution in [0.2, 0.25) is 0 Å².